The van der Waals surface area contributed by atoms with Crippen LogP contribution in [0.5, 0.6) is 0 Å². The van der Waals surface area contributed by atoms with Crippen molar-refractivity contribution < 1.29 is 32.9 Å². The first-order valence-corrected chi connectivity index (χ1v) is 32.5. The zero-order valence-electron chi connectivity index (χ0n) is 48.4. The summed E-state index contributed by atoms with van der Waals surface area (Å²) in [5, 5.41) is 13.9. The smallest absolute Gasteiger partial charge is 0.268 e. The quantitative estimate of drug-likeness (QED) is 0.0272. The average Bonchev–Trinajstić information content (AvgIpc) is 3.34. The van der Waals surface area contributed by atoms with Crippen molar-refractivity contribution in [2.24, 2.45) is 0 Å². The molecular weight excluding hydrogens is 912 g/mol. The highest BCUT2D eigenvalue weighted by Gasteiger charge is 2.23. The molecule has 72 heavy (non-hydrogen) atoms. The van der Waals surface area contributed by atoms with Gasteiger partial charge in [-0.2, -0.15) is 0 Å². The lowest BCUT2D eigenvalue weighted by molar-refractivity contribution is -0.870. The monoisotopic (exact) mass is 1030 g/mol. The fourth-order valence-corrected chi connectivity index (χ4v) is 9.87. The van der Waals surface area contributed by atoms with Crippen molar-refractivity contribution in [2.45, 2.75) is 309 Å². The molecule has 1 amide bonds. The molecular formula is C63H121N2O6P. The number of quaternary nitrogens is 1. The van der Waals surface area contributed by atoms with E-state index in [2.05, 4.69) is 55.6 Å². The van der Waals surface area contributed by atoms with E-state index < -0.39 is 26.6 Å². The molecule has 0 fully saturated rings. The Bertz CT molecular complexity index is 1310. The lowest BCUT2D eigenvalue weighted by Gasteiger charge is -2.29. The lowest BCUT2D eigenvalue weighted by Crippen LogP contribution is -2.45. The number of amides is 1. The third-order valence-corrected chi connectivity index (χ3v) is 15.0. The van der Waals surface area contributed by atoms with E-state index >= 15 is 0 Å². The fourth-order valence-electron chi connectivity index (χ4n) is 9.14. The number of phosphoric ester groups is 1. The number of hydrogen-bond donors (Lipinski definition) is 2. The second-order valence-corrected chi connectivity index (χ2v) is 23.8. The van der Waals surface area contributed by atoms with Crippen LogP contribution in [0.3, 0.4) is 0 Å². The predicted molar refractivity (Wildman–Crippen MR) is 311 cm³/mol. The minimum absolute atomic E-state index is 0.00537. The largest absolute Gasteiger partial charge is 0.756 e. The number of rotatable bonds is 57. The van der Waals surface area contributed by atoms with Crippen LogP contribution in [0.25, 0.3) is 0 Å². The Morgan fingerprint density at radius 3 is 1.21 bits per heavy atom. The summed E-state index contributed by atoms with van der Waals surface area (Å²) in [6, 6.07) is -0.902. The van der Waals surface area contributed by atoms with E-state index in [1.54, 1.807) is 6.08 Å². The van der Waals surface area contributed by atoms with Crippen LogP contribution in [0.2, 0.25) is 0 Å². The highest BCUT2D eigenvalue weighted by atomic mass is 31.2. The molecule has 8 nitrogen and oxygen atoms in total. The first-order chi connectivity index (χ1) is 35.0. The molecule has 3 unspecified atom stereocenters. The van der Waals surface area contributed by atoms with Crippen molar-refractivity contribution in [1.82, 2.24) is 5.32 Å². The van der Waals surface area contributed by atoms with Crippen molar-refractivity contribution in [3.05, 3.63) is 48.6 Å². The van der Waals surface area contributed by atoms with Crippen LogP contribution in [-0.4, -0.2) is 68.5 Å². The number of phosphoric acid groups is 1. The van der Waals surface area contributed by atoms with Gasteiger partial charge >= 0.3 is 0 Å². The molecule has 0 saturated heterocycles. The molecule has 0 aliphatic rings. The van der Waals surface area contributed by atoms with E-state index in [1.807, 2.05) is 27.2 Å². The third kappa shape index (κ3) is 56.2. The molecule has 0 aromatic heterocycles. The molecule has 0 aromatic carbocycles. The molecule has 3 atom stereocenters. The molecule has 9 heteroatoms. The van der Waals surface area contributed by atoms with Crippen LogP contribution in [0.1, 0.15) is 296 Å². The minimum Gasteiger partial charge on any atom is -0.756 e. The number of nitrogens with zero attached hydrogens (tertiary/aromatic N) is 1. The zero-order valence-corrected chi connectivity index (χ0v) is 49.3. The van der Waals surface area contributed by atoms with Crippen molar-refractivity contribution in [3.63, 3.8) is 0 Å². The number of carbonyl (C=O) groups is 1. The number of aliphatic hydroxyl groups excluding tert-OH is 1. The Balaban J connectivity index is 3.99. The second-order valence-electron chi connectivity index (χ2n) is 22.4. The van der Waals surface area contributed by atoms with Crippen LogP contribution < -0.4 is 10.2 Å². The SMILES string of the molecule is CCCCCCC/C=C\C/C=C\CCCCCCCCCCCCCCCCCCCCCCCCCC(=O)NC(COP(=O)([O-])OCC[N+](C)(C)C)C(O)/C=C/CC/C=C/CCCCCCCCCCC. The predicted octanol–water partition coefficient (Wildman–Crippen LogP) is 18.5. The maximum atomic E-state index is 13.0. The Hall–Kier alpha value is -1.54. The topological polar surface area (TPSA) is 108 Å². The number of allylic oxidation sites excluding steroid dienone is 7. The number of aliphatic hydroxyl groups is 1. The first kappa shape index (κ1) is 70.5. The van der Waals surface area contributed by atoms with Crippen molar-refractivity contribution in [2.75, 3.05) is 40.9 Å². The van der Waals surface area contributed by atoms with Crippen LogP contribution >= 0.6 is 7.82 Å². The van der Waals surface area contributed by atoms with Gasteiger partial charge in [0, 0.05) is 6.42 Å². The van der Waals surface area contributed by atoms with E-state index in [0.717, 1.165) is 44.9 Å². The normalized spacial score (nSPS) is 14.2. The van der Waals surface area contributed by atoms with E-state index in [0.29, 0.717) is 17.4 Å². The van der Waals surface area contributed by atoms with Gasteiger partial charge in [0.15, 0.2) is 0 Å². The van der Waals surface area contributed by atoms with Crippen LogP contribution in [0.15, 0.2) is 48.6 Å². The zero-order chi connectivity index (χ0) is 52.7. The third-order valence-electron chi connectivity index (χ3n) is 14.0. The highest BCUT2D eigenvalue weighted by Crippen LogP contribution is 2.38. The molecule has 424 valence electrons. The van der Waals surface area contributed by atoms with Gasteiger partial charge in [-0.25, -0.2) is 0 Å². The lowest BCUT2D eigenvalue weighted by atomic mass is 10.0. The standard InChI is InChI=1S/C63H121N2O6P/c1-6-8-10-12-14-16-18-20-22-23-24-25-26-27-28-29-30-31-32-33-34-35-36-37-38-39-40-41-43-45-47-49-51-53-55-57-63(67)64-61(60-71-72(68,69)70-59-58-65(3,4)5)62(66)56-54-52-50-48-46-44-42-21-19-17-15-13-11-9-7-2/h18,20,23-24,46,48,54,56,61-62,66H,6-17,19,21-22,25-45,47,49-53,55,57-60H2,1-5H3,(H-,64,67,68,69)/b20-18-,24-23-,48-46+,56-54+. The van der Waals surface area contributed by atoms with Crippen molar-refractivity contribution >= 4 is 13.7 Å². The minimum atomic E-state index is -4.60. The van der Waals surface area contributed by atoms with Crippen molar-refractivity contribution in [1.29, 1.82) is 0 Å². The molecule has 0 heterocycles. The number of likely N-dealkylation sites (N-methyl/N-ethyl adjacent to an activating group) is 1. The fraction of sp³-hybridized carbons (Fsp3) is 0.857. The van der Waals surface area contributed by atoms with E-state index in [1.165, 1.54) is 231 Å². The van der Waals surface area contributed by atoms with E-state index in [-0.39, 0.29) is 12.5 Å². The summed E-state index contributed by atoms with van der Waals surface area (Å²) in [5.74, 6) is -0.203. The van der Waals surface area contributed by atoms with Crippen molar-refractivity contribution in [3.8, 4) is 0 Å². The van der Waals surface area contributed by atoms with Crippen LogP contribution in [-0.2, 0) is 18.4 Å². The molecule has 0 bridgehead atoms. The summed E-state index contributed by atoms with van der Waals surface area (Å²) in [6.07, 6.45) is 72.2. The Morgan fingerprint density at radius 2 is 0.819 bits per heavy atom. The molecule has 2 N–H and O–H groups in total. The molecule has 0 spiro atoms. The van der Waals surface area contributed by atoms with E-state index in [9.17, 15) is 19.4 Å². The summed E-state index contributed by atoms with van der Waals surface area (Å²) in [6.45, 7) is 4.64. The van der Waals surface area contributed by atoms with Crippen LogP contribution in [0.4, 0.5) is 0 Å². The summed E-state index contributed by atoms with van der Waals surface area (Å²) in [4.78, 5) is 25.5. The summed E-state index contributed by atoms with van der Waals surface area (Å²) in [7, 11) is 1.25. The number of hydrogen-bond acceptors (Lipinski definition) is 6. The van der Waals surface area contributed by atoms with Gasteiger partial charge in [0.2, 0.25) is 5.91 Å². The number of nitrogens with one attached hydrogen (secondary N) is 1. The van der Waals surface area contributed by atoms with Crippen LogP contribution in [0, 0.1) is 0 Å². The highest BCUT2D eigenvalue weighted by molar-refractivity contribution is 7.45. The van der Waals surface area contributed by atoms with Gasteiger partial charge in [-0.15, -0.1) is 0 Å². The molecule has 0 rings (SSSR count). The number of unbranched alkanes of at least 4 members (excludes halogenated alkanes) is 38. The van der Waals surface area contributed by atoms with Gasteiger partial charge in [-0.3, -0.25) is 9.36 Å². The Kier molecular flexibility index (Phi) is 53.1. The second kappa shape index (κ2) is 54.3. The van der Waals surface area contributed by atoms with Gasteiger partial charge < -0.3 is 28.8 Å². The number of carbonyl (C=O) groups excluding carboxylic acids is 1. The van der Waals surface area contributed by atoms with Gasteiger partial charge in [0.1, 0.15) is 13.2 Å². The molecule has 0 aliphatic heterocycles. The Labute approximate surface area is 448 Å². The van der Waals surface area contributed by atoms with E-state index in [4.69, 9.17) is 9.05 Å². The van der Waals surface area contributed by atoms with Gasteiger partial charge in [-0.05, 0) is 64.2 Å². The molecule has 0 aromatic rings. The maximum Gasteiger partial charge on any atom is 0.268 e. The van der Waals surface area contributed by atoms with Gasteiger partial charge in [0.25, 0.3) is 7.82 Å². The van der Waals surface area contributed by atoms with Gasteiger partial charge in [-0.1, -0.05) is 274 Å². The molecule has 0 radical (unpaired) electrons. The maximum absolute atomic E-state index is 13.0. The first-order valence-electron chi connectivity index (χ1n) is 31.0. The summed E-state index contributed by atoms with van der Waals surface area (Å²) < 4.78 is 23.3. The molecule has 0 saturated carbocycles. The summed E-state index contributed by atoms with van der Waals surface area (Å²) in [5.41, 5.74) is 0. The molecule has 0 aliphatic carbocycles. The van der Waals surface area contributed by atoms with Gasteiger partial charge in [0.05, 0.1) is 39.9 Å². The summed E-state index contributed by atoms with van der Waals surface area (Å²) >= 11 is 0. The average molecular weight is 1030 g/mol. The Morgan fingerprint density at radius 1 is 0.486 bits per heavy atom.